The molecule has 0 saturated heterocycles. The third-order valence-electron chi connectivity index (χ3n) is 10.4. The summed E-state index contributed by atoms with van der Waals surface area (Å²) in [6, 6.07) is 24.0. The van der Waals surface area contributed by atoms with Crippen LogP contribution in [0.2, 0.25) is 0 Å². The zero-order valence-corrected chi connectivity index (χ0v) is 34.2. The number of hydrogen-bond acceptors (Lipinski definition) is 8. The van der Waals surface area contributed by atoms with Crippen LogP contribution in [0.1, 0.15) is 154 Å². The molecule has 302 valence electrons. The Morgan fingerprint density at radius 3 is 2.19 bits per heavy atom. The maximum Gasteiger partial charge on any atom is 0.303 e. The minimum Gasteiger partial charge on any atom is -0.458 e. The molecule has 5 rings (SSSR count). The van der Waals surface area contributed by atoms with E-state index in [1.165, 1.54) is 6.92 Å². The molecule has 0 bridgehead atoms. The number of ether oxygens (including phenoxy) is 1. The Morgan fingerprint density at radius 1 is 0.807 bits per heavy atom. The number of esters is 1. The van der Waals surface area contributed by atoms with E-state index in [9.17, 15) is 14.4 Å². The van der Waals surface area contributed by atoms with Gasteiger partial charge >= 0.3 is 5.97 Å². The van der Waals surface area contributed by atoms with Gasteiger partial charge in [0.15, 0.2) is 5.78 Å². The summed E-state index contributed by atoms with van der Waals surface area (Å²) in [5.74, 6) is 1.20. The van der Waals surface area contributed by atoms with Gasteiger partial charge in [-0.2, -0.15) is 5.21 Å². The number of Topliss-reactive ketones (excluding diaryl/α,β-unsaturated/α-hetero) is 1. The number of benzene rings is 3. The van der Waals surface area contributed by atoms with E-state index in [4.69, 9.17) is 9.72 Å². The molecule has 5 aromatic rings. The summed E-state index contributed by atoms with van der Waals surface area (Å²) in [5, 5.41) is 17.8. The molecule has 2 aromatic heterocycles. The number of ketones is 1. The molecule has 0 spiro atoms. The Kier molecular flexibility index (Phi) is 16.7. The SMILES string of the molecule is CCCCc1nc(C)c(C(=O)NCCCCCCCCCC(=O)c2ccccc2C(CCCC)OC(C)=O)n1Cc1ccc(-c2ccccc2-c2nn[nH]n2)cc1. The molecule has 1 atom stereocenters. The van der Waals surface area contributed by atoms with Crippen molar-refractivity contribution in [3.8, 4) is 22.5 Å². The van der Waals surface area contributed by atoms with Crippen molar-refractivity contribution in [3.05, 3.63) is 107 Å². The van der Waals surface area contributed by atoms with Gasteiger partial charge in [0.05, 0.1) is 5.69 Å². The second kappa shape index (κ2) is 22.3. The summed E-state index contributed by atoms with van der Waals surface area (Å²) >= 11 is 0. The Bertz CT molecular complexity index is 2020. The normalized spacial score (nSPS) is 11.7. The fourth-order valence-electron chi connectivity index (χ4n) is 7.41. The van der Waals surface area contributed by atoms with E-state index in [2.05, 4.69) is 74.7 Å². The Labute approximate surface area is 337 Å². The molecule has 0 saturated carbocycles. The summed E-state index contributed by atoms with van der Waals surface area (Å²) in [7, 11) is 0. The molecule has 0 aliphatic rings. The number of hydrogen-bond donors (Lipinski definition) is 2. The van der Waals surface area contributed by atoms with Gasteiger partial charge in [-0.3, -0.25) is 14.4 Å². The second-order valence-electron chi connectivity index (χ2n) is 14.9. The quantitative estimate of drug-likeness (QED) is 0.0358. The van der Waals surface area contributed by atoms with Gasteiger partial charge in [0.2, 0.25) is 5.82 Å². The Balaban J connectivity index is 1.07. The Hall–Kier alpha value is -5.45. The predicted octanol–water partition coefficient (Wildman–Crippen LogP) is 9.96. The highest BCUT2D eigenvalue weighted by atomic mass is 16.5. The summed E-state index contributed by atoms with van der Waals surface area (Å²) in [5.41, 5.74) is 6.94. The highest BCUT2D eigenvalue weighted by Gasteiger charge is 2.22. The van der Waals surface area contributed by atoms with Gasteiger partial charge in [0, 0.05) is 49.5 Å². The van der Waals surface area contributed by atoms with E-state index in [0.29, 0.717) is 43.0 Å². The highest BCUT2D eigenvalue weighted by Crippen LogP contribution is 2.31. The largest absolute Gasteiger partial charge is 0.458 e. The molecular weight excluding hydrogens is 715 g/mol. The summed E-state index contributed by atoms with van der Waals surface area (Å²) in [4.78, 5) is 43.5. The van der Waals surface area contributed by atoms with Gasteiger partial charge in [0.1, 0.15) is 17.6 Å². The number of nitrogens with one attached hydrogen (secondary N) is 2. The van der Waals surface area contributed by atoms with Crippen LogP contribution >= 0.6 is 0 Å². The van der Waals surface area contributed by atoms with Gasteiger partial charge in [-0.25, -0.2) is 4.98 Å². The van der Waals surface area contributed by atoms with E-state index < -0.39 is 0 Å². The van der Waals surface area contributed by atoms with Gasteiger partial charge in [-0.1, -0.05) is 132 Å². The fraction of sp³-hybridized carbons (Fsp3) is 0.457. The molecule has 0 radical (unpaired) electrons. The third kappa shape index (κ3) is 12.3. The van der Waals surface area contributed by atoms with Crippen molar-refractivity contribution in [1.82, 2.24) is 35.5 Å². The maximum absolute atomic E-state index is 13.6. The van der Waals surface area contributed by atoms with Crippen molar-refractivity contribution < 1.29 is 19.1 Å². The van der Waals surface area contributed by atoms with E-state index in [1.807, 2.05) is 49.4 Å². The number of tetrazole rings is 1. The van der Waals surface area contributed by atoms with Crippen LogP contribution in [-0.4, -0.2) is 54.4 Å². The first kappa shape index (κ1) is 42.7. The first-order valence-electron chi connectivity index (χ1n) is 20.9. The van der Waals surface area contributed by atoms with E-state index >= 15 is 0 Å². The molecular formula is C46H59N7O4. The van der Waals surface area contributed by atoms with Gasteiger partial charge in [0.25, 0.3) is 5.91 Å². The number of aromatic amines is 1. The number of rotatable bonds is 24. The van der Waals surface area contributed by atoms with Gasteiger partial charge in [-0.15, -0.1) is 10.2 Å². The first-order chi connectivity index (χ1) is 27.8. The summed E-state index contributed by atoms with van der Waals surface area (Å²) in [6.07, 6.45) is 12.6. The van der Waals surface area contributed by atoms with Crippen LogP contribution in [0, 0.1) is 6.92 Å². The molecule has 11 nitrogen and oxygen atoms in total. The molecule has 1 unspecified atom stereocenters. The van der Waals surface area contributed by atoms with Crippen LogP contribution in [-0.2, 0) is 22.5 Å². The summed E-state index contributed by atoms with van der Waals surface area (Å²) < 4.78 is 7.71. The smallest absolute Gasteiger partial charge is 0.303 e. The van der Waals surface area contributed by atoms with Gasteiger partial charge in [-0.05, 0) is 60.9 Å². The number of nitrogens with zero attached hydrogens (tertiary/aromatic N) is 5. The molecule has 2 N–H and O–H groups in total. The lowest BCUT2D eigenvalue weighted by atomic mass is 9.93. The van der Waals surface area contributed by atoms with Crippen molar-refractivity contribution in [2.75, 3.05) is 6.54 Å². The molecule has 0 aliphatic heterocycles. The first-order valence-corrected chi connectivity index (χ1v) is 20.9. The topological polar surface area (TPSA) is 145 Å². The second-order valence-corrected chi connectivity index (χ2v) is 14.9. The number of amides is 1. The zero-order chi connectivity index (χ0) is 40.4. The molecule has 3 aromatic carbocycles. The van der Waals surface area contributed by atoms with Crippen LogP contribution in [0.5, 0.6) is 0 Å². The van der Waals surface area contributed by atoms with E-state index in [-0.39, 0.29) is 23.8 Å². The van der Waals surface area contributed by atoms with Crippen molar-refractivity contribution in [1.29, 1.82) is 0 Å². The lowest BCUT2D eigenvalue weighted by Crippen LogP contribution is -2.28. The lowest BCUT2D eigenvalue weighted by Gasteiger charge is -2.20. The van der Waals surface area contributed by atoms with Crippen LogP contribution < -0.4 is 5.32 Å². The molecule has 0 aliphatic carbocycles. The van der Waals surface area contributed by atoms with Crippen molar-refractivity contribution >= 4 is 17.7 Å². The Morgan fingerprint density at radius 2 is 1.49 bits per heavy atom. The number of aromatic nitrogens is 6. The standard InChI is InChI=1S/C46H59N7O4/c1-5-7-25-42(57-34(4)54)39-22-17-16-21-38(39)41(55)24-14-12-10-9-11-13-19-31-47-46(56)44-33(3)48-43(26-8-6-2)53(44)32-35-27-29-36(30-28-35)37-20-15-18-23-40(37)45-49-51-52-50-45/h15-18,20-23,27-30,42H,5-14,19,24-26,31-32H2,1-4H3,(H,47,56)(H,49,50,51,52). The number of H-pyrrole nitrogens is 1. The maximum atomic E-state index is 13.6. The van der Waals surface area contributed by atoms with E-state index in [1.54, 1.807) is 0 Å². The van der Waals surface area contributed by atoms with E-state index in [0.717, 1.165) is 116 Å². The van der Waals surface area contributed by atoms with Crippen LogP contribution in [0.15, 0.2) is 72.8 Å². The molecule has 2 heterocycles. The number of carbonyl (C=O) groups is 3. The van der Waals surface area contributed by atoms with Crippen LogP contribution in [0.25, 0.3) is 22.5 Å². The van der Waals surface area contributed by atoms with Gasteiger partial charge < -0.3 is 14.6 Å². The molecule has 0 fully saturated rings. The van der Waals surface area contributed by atoms with Crippen molar-refractivity contribution in [2.45, 2.75) is 130 Å². The fourth-order valence-corrected chi connectivity index (χ4v) is 7.41. The van der Waals surface area contributed by atoms with Crippen molar-refractivity contribution in [3.63, 3.8) is 0 Å². The molecule has 57 heavy (non-hydrogen) atoms. The molecule has 11 heteroatoms. The number of imidazole rings is 1. The van der Waals surface area contributed by atoms with Crippen LogP contribution in [0.4, 0.5) is 0 Å². The van der Waals surface area contributed by atoms with Crippen LogP contribution in [0.3, 0.4) is 0 Å². The highest BCUT2D eigenvalue weighted by molar-refractivity contribution is 5.97. The zero-order valence-electron chi connectivity index (χ0n) is 34.2. The summed E-state index contributed by atoms with van der Waals surface area (Å²) in [6.45, 7) is 8.79. The average Bonchev–Trinajstić information content (AvgIpc) is 3.87. The molecule has 1 amide bonds. The number of unbranched alkanes of at least 4 members (excludes halogenated alkanes) is 8. The van der Waals surface area contributed by atoms with Crippen molar-refractivity contribution in [2.24, 2.45) is 0 Å². The predicted molar refractivity (Wildman–Crippen MR) is 224 cm³/mol. The lowest BCUT2D eigenvalue weighted by molar-refractivity contribution is -0.147. The minimum atomic E-state index is -0.383. The monoisotopic (exact) mass is 773 g/mol. The average molecular weight is 774 g/mol. The minimum absolute atomic E-state index is 0.0795. The number of aryl methyl sites for hydroxylation is 2. The number of carbonyl (C=O) groups excluding carboxylic acids is 3. The third-order valence-corrected chi connectivity index (χ3v) is 10.4.